The van der Waals surface area contributed by atoms with Crippen molar-refractivity contribution in [1.82, 2.24) is 0 Å². The maximum Gasteiger partial charge on any atom is 0.313 e. The fraction of sp³-hybridized carbons (Fsp3) is 0.846. The normalized spacial score (nSPS) is 41.6. The number of hydrogen-bond donors (Lipinski definition) is 0. The zero-order valence-electron chi connectivity index (χ0n) is 11.1. The highest BCUT2D eigenvalue weighted by atomic mass is 16.5. The fourth-order valence-corrected chi connectivity index (χ4v) is 4.30. The molecule has 3 aliphatic rings. The molecule has 96 valence electrons. The van der Waals surface area contributed by atoms with Crippen LogP contribution < -0.4 is 0 Å². The van der Waals surface area contributed by atoms with Gasteiger partial charge in [0.15, 0.2) is 0 Å². The zero-order valence-corrected chi connectivity index (χ0v) is 11.1. The van der Waals surface area contributed by atoms with Crippen molar-refractivity contribution < 1.29 is 19.1 Å². The molecule has 0 radical (unpaired) electrons. The molecular formula is C13H20O4. The molecule has 0 heterocycles. The summed E-state index contributed by atoms with van der Waals surface area (Å²) in [6.07, 6.45) is 1.58. The predicted octanol–water partition coefficient (Wildman–Crippen LogP) is 1.77. The van der Waals surface area contributed by atoms with Gasteiger partial charge in [-0.3, -0.25) is 9.59 Å². The average Bonchev–Trinajstić information content (AvgIpc) is 2.74. The van der Waals surface area contributed by atoms with Crippen LogP contribution in [0.4, 0.5) is 0 Å². The number of rotatable bonds is 2. The quantitative estimate of drug-likeness (QED) is 0.690. The molecular weight excluding hydrogens is 220 g/mol. The Kier molecular flexibility index (Phi) is 2.36. The molecule has 4 nitrogen and oxygen atoms in total. The van der Waals surface area contributed by atoms with Gasteiger partial charge in [-0.05, 0) is 23.7 Å². The van der Waals surface area contributed by atoms with E-state index in [0.717, 1.165) is 6.42 Å². The number of hydrogen-bond acceptors (Lipinski definition) is 4. The monoisotopic (exact) mass is 240 g/mol. The maximum atomic E-state index is 12.1. The molecule has 0 spiro atoms. The maximum absolute atomic E-state index is 12.1. The van der Waals surface area contributed by atoms with E-state index in [4.69, 9.17) is 9.47 Å². The lowest BCUT2D eigenvalue weighted by atomic mass is 9.38. The smallest absolute Gasteiger partial charge is 0.313 e. The topological polar surface area (TPSA) is 52.6 Å². The molecule has 17 heavy (non-hydrogen) atoms. The van der Waals surface area contributed by atoms with Crippen molar-refractivity contribution in [2.75, 3.05) is 14.2 Å². The second kappa shape index (κ2) is 3.24. The minimum atomic E-state index is -0.691. The zero-order chi connectivity index (χ0) is 13.1. The first kappa shape index (κ1) is 12.4. The Morgan fingerprint density at radius 1 is 1.06 bits per heavy atom. The van der Waals surface area contributed by atoms with Crippen LogP contribution in [0.1, 0.15) is 33.6 Å². The first-order valence-electron chi connectivity index (χ1n) is 5.96. The number of esters is 2. The summed E-state index contributed by atoms with van der Waals surface area (Å²) in [7, 11) is 2.76. The van der Waals surface area contributed by atoms with E-state index in [9.17, 15) is 9.59 Å². The third kappa shape index (κ3) is 1.00. The molecule has 3 rings (SSSR count). The molecule has 0 unspecified atom stereocenters. The van der Waals surface area contributed by atoms with Crippen LogP contribution in [-0.4, -0.2) is 26.2 Å². The van der Waals surface area contributed by atoms with Crippen LogP contribution >= 0.6 is 0 Å². The van der Waals surface area contributed by atoms with Crippen LogP contribution in [-0.2, 0) is 19.1 Å². The highest BCUT2D eigenvalue weighted by Crippen LogP contribution is 2.81. The molecule has 4 heteroatoms. The molecule has 0 aromatic rings. The van der Waals surface area contributed by atoms with Gasteiger partial charge in [0.25, 0.3) is 0 Å². The van der Waals surface area contributed by atoms with E-state index in [1.54, 1.807) is 0 Å². The molecule has 0 saturated heterocycles. The van der Waals surface area contributed by atoms with E-state index in [2.05, 4.69) is 20.8 Å². The third-order valence-corrected chi connectivity index (χ3v) is 5.70. The van der Waals surface area contributed by atoms with Crippen molar-refractivity contribution >= 4 is 11.9 Å². The van der Waals surface area contributed by atoms with E-state index in [-0.39, 0.29) is 28.7 Å². The van der Waals surface area contributed by atoms with E-state index in [1.807, 2.05) is 0 Å². The summed E-state index contributed by atoms with van der Waals surface area (Å²) in [4.78, 5) is 24.1. The van der Waals surface area contributed by atoms with Crippen LogP contribution in [0.2, 0.25) is 0 Å². The lowest BCUT2D eigenvalue weighted by molar-refractivity contribution is -0.227. The van der Waals surface area contributed by atoms with Crippen LogP contribution in [0.5, 0.6) is 0 Å². The van der Waals surface area contributed by atoms with Crippen LogP contribution in [0.3, 0.4) is 0 Å². The molecule has 3 atom stereocenters. The summed E-state index contributed by atoms with van der Waals surface area (Å²) in [5, 5.41) is 0. The number of fused-ring (bicyclic) bond motifs is 1. The van der Waals surface area contributed by atoms with Gasteiger partial charge in [0.1, 0.15) is 0 Å². The highest BCUT2D eigenvalue weighted by Gasteiger charge is 2.83. The van der Waals surface area contributed by atoms with Gasteiger partial charge >= 0.3 is 11.9 Å². The summed E-state index contributed by atoms with van der Waals surface area (Å²) in [5.74, 6) is -0.912. The largest absolute Gasteiger partial charge is 0.469 e. The molecule has 0 aromatic carbocycles. The van der Waals surface area contributed by atoms with E-state index in [1.165, 1.54) is 14.2 Å². The second-order valence-electron chi connectivity index (χ2n) is 5.96. The Bertz CT molecular complexity index is 384. The van der Waals surface area contributed by atoms with Gasteiger partial charge in [0.2, 0.25) is 0 Å². The second-order valence-corrected chi connectivity index (χ2v) is 5.96. The predicted molar refractivity (Wildman–Crippen MR) is 61.1 cm³/mol. The Balaban J connectivity index is 2.49. The molecule has 3 aliphatic carbocycles. The molecule has 0 amide bonds. The van der Waals surface area contributed by atoms with Crippen LogP contribution in [0, 0.1) is 22.2 Å². The SMILES string of the molecule is COC(=O)[C@H]1[C@]2(C)CC[C@@]1(C(=O)OC)C2(C)C. The average molecular weight is 240 g/mol. The minimum absolute atomic E-state index is 0.158. The van der Waals surface area contributed by atoms with E-state index in [0.29, 0.717) is 6.42 Å². The van der Waals surface area contributed by atoms with E-state index < -0.39 is 5.41 Å². The number of ether oxygens (including phenoxy) is 2. The van der Waals surface area contributed by atoms with Gasteiger partial charge in [-0.25, -0.2) is 0 Å². The Labute approximate surface area is 102 Å². The Morgan fingerprint density at radius 2 is 1.65 bits per heavy atom. The fourth-order valence-electron chi connectivity index (χ4n) is 4.30. The van der Waals surface area contributed by atoms with Crippen LogP contribution in [0.15, 0.2) is 0 Å². The third-order valence-electron chi connectivity index (χ3n) is 5.70. The van der Waals surface area contributed by atoms with Crippen molar-refractivity contribution in [1.29, 1.82) is 0 Å². The lowest BCUT2D eigenvalue weighted by Gasteiger charge is -2.63. The van der Waals surface area contributed by atoms with Crippen molar-refractivity contribution in [3.63, 3.8) is 0 Å². The number of carbonyl (C=O) groups is 2. The molecule has 0 aromatic heterocycles. The number of carbonyl (C=O) groups excluding carboxylic acids is 2. The Morgan fingerprint density at radius 3 is 2.06 bits per heavy atom. The lowest BCUT2D eigenvalue weighted by Crippen LogP contribution is -2.68. The first-order valence-corrected chi connectivity index (χ1v) is 5.96. The van der Waals surface area contributed by atoms with Gasteiger partial charge in [0, 0.05) is 0 Å². The summed E-state index contributed by atoms with van der Waals surface area (Å²) >= 11 is 0. The molecule has 2 bridgehead atoms. The van der Waals surface area contributed by atoms with Crippen molar-refractivity contribution in [2.24, 2.45) is 22.2 Å². The standard InChI is InChI=1S/C13H20O4/c1-11(2)12(3)6-7-13(11,10(15)17-5)8(12)9(14)16-4/h8H,6-7H2,1-5H3/t8-,12-,13+/m0/s1. The van der Waals surface area contributed by atoms with Gasteiger partial charge in [-0.2, -0.15) is 0 Å². The molecule has 3 fully saturated rings. The van der Waals surface area contributed by atoms with Crippen molar-refractivity contribution in [2.45, 2.75) is 33.6 Å². The molecule has 0 N–H and O–H groups in total. The van der Waals surface area contributed by atoms with Gasteiger partial charge < -0.3 is 9.47 Å². The Hall–Kier alpha value is -1.06. The summed E-state index contributed by atoms with van der Waals surface area (Å²) in [5.41, 5.74) is -1.07. The van der Waals surface area contributed by atoms with Crippen molar-refractivity contribution in [3.05, 3.63) is 0 Å². The summed E-state index contributed by atoms with van der Waals surface area (Å²) in [6, 6.07) is 0. The molecule has 3 saturated carbocycles. The van der Waals surface area contributed by atoms with Gasteiger partial charge in [-0.1, -0.05) is 20.8 Å². The van der Waals surface area contributed by atoms with Gasteiger partial charge in [-0.15, -0.1) is 0 Å². The highest BCUT2D eigenvalue weighted by molar-refractivity contribution is 5.91. The van der Waals surface area contributed by atoms with E-state index >= 15 is 0 Å². The van der Waals surface area contributed by atoms with Crippen molar-refractivity contribution in [3.8, 4) is 0 Å². The summed E-state index contributed by atoms with van der Waals surface area (Å²) in [6.45, 7) is 6.18. The van der Waals surface area contributed by atoms with Gasteiger partial charge in [0.05, 0.1) is 25.6 Å². The minimum Gasteiger partial charge on any atom is -0.469 e. The first-order chi connectivity index (χ1) is 7.79. The number of methoxy groups -OCH3 is 2. The summed E-state index contributed by atoms with van der Waals surface area (Å²) < 4.78 is 9.80. The van der Waals surface area contributed by atoms with Crippen LogP contribution in [0.25, 0.3) is 0 Å². The molecule has 0 aliphatic heterocycles.